The van der Waals surface area contributed by atoms with Gasteiger partial charge < -0.3 is 15.2 Å². The van der Waals surface area contributed by atoms with Gasteiger partial charge in [0.2, 0.25) is 5.75 Å². The molecular weight excluding hydrogens is 374 g/mol. The number of nitro groups is 1. The van der Waals surface area contributed by atoms with Gasteiger partial charge >= 0.3 is 5.69 Å². The highest BCUT2D eigenvalue weighted by Gasteiger charge is 2.20. The van der Waals surface area contributed by atoms with Gasteiger partial charge in [-0.1, -0.05) is 23.7 Å². The molecule has 0 unspecified atom stereocenters. The monoisotopic (exact) mass is 387 g/mol. The number of ether oxygens (including phenoxy) is 1. The molecule has 2 aromatic carbocycles. The molecule has 27 heavy (non-hydrogen) atoms. The van der Waals surface area contributed by atoms with Gasteiger partial charge in [-0.15, -0.1) is 0 Å². The molecule has 1 amide bonds. The summed E-state index contributed by atoms with van der Waals surface area (Å²) in [6, 6.07) is 10.6. The fraction of sp³-hybridized carbons (Fsp3) is 0.111. The summed E-state index contributed by atoms with van der Waals surface area (Å²) in [5, 5.41) is 33.1. The van der Waals surface area contributed by atoms with E-state index in [0.29, 0.717) is 10.7 Å². The zero-order chi connectivity index (χ0) is 20.0. The molecule has 2 N–H and O–H groups in total. The maximum absolute atomic E-state index is 12.3. The lowest BCUT2D eigenvalue weighted by atomic mass is 10.1. The van der Waals surface area contributed by atoms with Crippen LogP contribution in [0.4, 0.5) is 11.4 Å². The van der Waals surface area contributed by atoms with Crippen molar-refractivity contribution in [3.63, 3.8) is 0 Å². The Kier molecular flexibility index (Phi) is 6.36. The average Bonchev–Trinajstić information content (AvgIpc) is 2.63. The van der Waals surface area contributed by atoms with Crippen LogP contribution in [0, 0.1) is 21.4 Å². The van der Waals surface area contributed by atoms with E-state index in [0.717, 1.165) is 12.1 Å². The zero-order valence-corrected chi connectivity index (χ0v) is 14.9. The number of nitrogens with one attached hydrogen (secondary N) is 1. The first-order chi connectivity index (χ1) is 12.9. The van der Waals surface area contributed by atoms with Gasteiger partial charge in [0, 0.05) is 6.07 Å². The number of phenols is 1. The number of rotatable bonds is 6. The predicted octanol–water partition coefficient (Wildman–Crippen LogP) is 3.90. The minimum absolute atomic E-state index is 0.123. The molecule has 0 spiro atoms. The molecule has 0 aliphatic rings. The lowest BCUT2D eigenvalue weighted by Gasteiger charge is -2.08. The second-order valence-electron chi connectivity index (χ2n) is 5.18. The molecule has 0 fully saturated rings. The summed E-state index contributed by atoms with van der Waals surface area (Å²) < 4.78 is 5.17. The van der Waals surface area contributed by atoms with Crippen molar-refractivity contribution in [2.75, 3.05) is 11.9 Å². The van der Waals surface area contributed by atoms with Crippen LogP contribution < -0.4 is 10.1 Å². The van der Waals surface area contributed by atoms with E-state index in [1.165, 1.54) is 6.07 Å². The lowest BCUT2D eigenvalue weighted by Crippen LogP contribution is -2.13. The number of benzene rings is 2. The highest BCUT2D eigenvalue weighted by molar-refractivity contribution is 6.34. The van der Waals surface area contributed by atoms with Crippen molar-refractivity contribution >= 4 is 35.0 Å². The van der Waals surface area contributed by atoms with Crippen LogP contribution in [0.2, 0.25) is 5.02 Å². The van der Waals surface area contributed by atoms with Gasteiger partial charge in [-0.25, -0.2) is 0 Å². The molecule has 0 radical (unpaired) electrons. The number of nitro benzene ring substituents is 1. The van der Waals surface area contributed by atoms with E-state index in [1.807, 2.05) is 0 Å². The number of para-hydroxylation sites is 1. The van der Waals surface area contributed by atoms with Crippen molar-refractivity contribution in [2.45, 2.75) is 6.92 Å². The third-order valence-corrected chi connectivity index (χ3v) is 3.70. The van der Waals surface area contributed by atoms with Crippen molar-refractivity contribution < 1.29 is 19.6 Å². The average molecular weight is 388 g/mol. The topological polar surface area (TPSA) is 125 Å². The summed E-state index contributed by atoms with van der Waals surface area (Å²) in [6.45, 7) is 1.81. The van der Waals surface area contributed by atoms with E-state index >= 15 is 0 Å². The van der Waals surface area contributed by atoms with Gasteiger partial charge in [0.05, 0.1) is 22.2 Å². The molecule has 2 rings (SSSR count). The summed E-state index contributed by atoms with van der Waals surface area (Å²) in [6.07, 6.45) is 1.15. The maximum atomic E-state index is 12.3. The molecular formula is C18H14ClN3O5. The van der Waals surface area contributed by atoms with E-state index < -0.39 is 22.3 Å². The number of hydrogen-bond acceptors (Lipinski definition) is 6. The number of amides is 1. The van der Waals surface area contributed by atoms with Gasteiger partial charge in [0.25, 0.3) is 5.91 Å². The predicted molar refractivity (Wildman–Crippen MR) is 99.6 cm³/mol. The number of aromatic hydroxyl groups is 1. The number of anilines is 1. The van der Waals surface area contributed by atoms with E-state index in [9.17, 15) is 25.3 Å². The molecule has 0 atom stereocenters. The van der Waals surface area contributed by atoms with E-state index in [2.05, 4.69) is 5.32 Å². The largest absolute Gasteiger partial charge is 0.500 e. The Morgan fingerprint density at radius 1 is 1.44 bits per heavy atom. The molecule has 0 heterocycles. The number of phenolic OH excluding ortho intramolecular Hbond substituents is 1. The number of carbonyl (C=O) groups excluding carboxylic acids is 1. The van der Waals surface area contributed by atoms with Crippen LogP contribution in [0.3, 0.4) is 0 Å². The summed E-state index contributed by atoms with van der Waals surface area (Å²) >= 11 is 5.97. The fourth-order valence-corrected chi connectivity index (χ4v) is 2.35. The van der Waals surface area contributed by atoms with Crippen LogP contribution in [-0.2, 0) is 4.79 Å². The molecule has 0 saturated carbocycles. The summed E-state index contributed by atoms with van der Waals surface area (Å²) in [7, 11) is 0. The maximum Gasteiger partial charge on any atom is 0.315 e. The minimum Gasteiger partial charge on any atom is -0.500 e. The van der Waals surface area contributed by atoms with Gasteiger partial charge in [0.1, 0.15) is 11.6 Å². The van der Waals surface area contributed by atoms with E-state index in [-0.39, 0.29) is 23.5 Å². The second kappa shape index (κ2) is 8.69. The van der Waals surface area contributed by atoms with Crippen molar-refractivity contribution in [3.8, 4) is 17.6 Å². The first-order valence-electron chi connectivity index (χ1n) is 7.69. The van der Waals surface area contributed by atoms with Crippen LogP contribution in [0.5, 0.6) is 11.5 Å². The highest BCUT2D eigenvalue weighted by Crippen LogP contribution is 2.37. The number of halogens is 1. The van der Waals surface area contributed by atoms with Crippen LogP contribution in [0.1, 0.15) is 12.5 Å². The Morgan fingerprint density at radius 3 is 2.74 bits per heavy atom. The molecule has 138 valence electrons. The van der Waals surface area contributed by atoms with Crippen LogP contribution in [0.15, 0.2) is 42.0 Å². The van der Waals surface area contributed by atoms with Crippen molar-refractivity contribution in [1.82, 2.24) is 0 Å². The van der Waals surface area contributed by atoms with Crippen LogP contribution >= 0.6 is 11.6 Å². The lowest BCUT2D eigenvalue weighted by molar-refractivity contribution is -0.386. The van der Waals surface area contributed by atoms with Crippen LogP contribution in [0.25, 0.3) is 6.08 Å². The molecule has 8 nitrogen and oxygen atoms in total. The van der Waals surface area contributed by atoms with Gasteiger partial charge in [-0.3, -0.25) is 14.9 Å². The molecule has 0 aliphatic carbocycles. The summed E-state index contributed by atoms with van der Waals surface area (Å²) in [5.41, 5.74) is -0.445. The Labute approximate surface area is 159 Å². The number of nitrogens with zero attached hydrogens (tertiary/aromatic N) is 2. The Balaban J connectivity index is 2.42. The normalized spacial score (nSPS) is 10.8. The highest BCUT2D eigenvalue weighted by atomic mass is 35.5. The minimum atomic E-state index is -0.787. The third kappa shape index (κ3) is 4.74. The number of nitriles is 1. The SMILES string of the molecule is CCOc1cc(/C=C(\C#N)C(=O)Nc2ccccc2Cl)cc([N+](=O)[O-])c1O. The van der Waals surface area contributed by atoms with Crippen molar-refractivity contribution in [3.05, 3.63) is 62.7 Å². The van der Waals surface area contributed by atoms with Crippen LogP contribution in [-0.4, -0.2) is 22.5 Å². The summed E-state index contributed by atoms with van der Waals surface area (Å²) in [5.74, 6) is -1.49. The van der Waals surface area contributed by atoms with E-state index in [1.54, 1.807) is 37.3 Å². The first kappa shape index (κ1) is 19.8. The molecule has 0 aliphatic heterocycles. The quantitative estimate of drug-likeness (QED) is 0.335. The van der Waals surface area contributed by atoms with E-state index in [4.69, 9.17) is 16.3 Å². The Morgan fingerprint density at radius 2 is 2.15 bits per heavy atom. The number of hydrogen-bond donors (Lipinski definition) is 2. The van der Waals surface area contributed by atoms with Gasteiger partial charge in [0.15, 0.2) is 5.75 Å². The van der Waals surface area contributed by atoms with Crippen molar-refractivity contribution in [2.24, 2.45) is 0 Å². The van der Waals surface area contributed by atoms with Crippen molar-refractivity contribution in [1.29, 1.82) is 5.26 Å². The number of carbonyl (C=O) groups is 1. The zero-order valence-electron chi connectivity index (χ0n) is 14.1. The summed E-state index contributed by atoms with van der Waals surface area (Å²) in [4.78, 5) is 22.6. The smallest absolute Gasteiger partial charge is 0.315 e. The second-order valence-corrected chi connectivity index (χ2v) is 5.59. The third-order valence-electron chi connectivity index (χ3n) is 3.37. The standard InChI is InChI=1S/C18H14ClN3O5/c1-2-27-16-9-11(8-15(17(16)23)22(25)26)7-12(10-20)18(24)21-14-6-4-3-5-13(14)19/h3-9,23H,2H2,1H3,(H,21,24)/b12-7+. The molecule has 0 saturated heterocycles. The molecule has 9 heteroatoms. The Hall–Kier alpha value is -3.57. The fourth-order valence-electron chi connectivity index (χ4n) is 2.17. The molecule has 0 aromatic heterocycles. The van der Waals surface area contributed by atoms with Gasteiger partial charge in [-0.05, 0) is 36.8 Å². The molecule has 2 aromatic rings. The van der Waals surface area contributed by atoms with Gasteiger partial charge in [-0.2, -0.15) is 5.26 Å². The molecule has 0 bridgehead atoms. The Bertz CT molecular complexity index is 966. The first-order valence-corrected chi connectivity index (χ1v) is 8.07.